The van der Waals surface area contributed by atoms with Crippen LogP contribution in [0.25, 0.3) is 0 Å². The van der Waals surface area contributed by atoms with Crippen LogP contribution in [-0.2, 0) is 64.6 Å². The predicted octanol–water partition coefficient (Wildman–Crippen LogP) is 21.0. The van der Waals surface area contributed by atoms with Gasteiger partial charge < -0.3 is 23.4 Å². The molecule has 4 rings (SSSR count). The SMILES string of the molecule is CCCCCCC[N+](CCCCCCC)(C(C)OCCC)C(C)(OCCC)c1c(OB(Oc2cc(C(F)(F)F)cc(C(F)(F)F)c2)Oc2cc(C(F)(F)F)cc(C(F)(F)F)c2)cc(C(F)(F)F)cc1C(F)(F)F.FC(F)(F)c1c[c-]cc(C(F)(F)F)c1. The summed E-state index contributed by atoms with van der Waals surface area (Å²) in [6.07, 6.45) is -38.6. The molecule has 4 aromatic rings. The second-order valence-electron chi connectivity index (χ2n) is 20.1. The molecule has 0 fully saturated rings. The van der Waals surface area contributed by atoms with Gasteiger partial charge in [-0.15, -0.1) is 6.07 Å². The maximum absolute atomic E-state index is 15.9. The first-order valence-electron chi connectivity index (χ1n) is 27.0. The first-order valence-corrected chi connectivity index (χ1v) is 27.0. The number of alkyl halides is 24. The molecule has 4 aromatic carbocycles. The van der Waals surface area contributed by atoms with E-state index in [0.29, 0.717) is 44.2 Å². The van der Waals surface area contributed by atoms with Crippen molar-refractivity contribution in [3.63, 3.8) is 0 Å². The number of hydrogen-bond acceptors (Lipinski definition) is 5. The zero-order chi connectivity index (χ0) is 66.4. The predicted molar refractivity (Wildman–Crippen MR) is 269 cm³/mol. The molecule has 2 unspecified atom stereocenters. The highest BCUT2D eigenvalue weighted by molar-refractivity contribution is 6.39. The first-order chi connectivity index (χ1) is 39.8. The normalized spacial score (nSPS) is 14.3. The maximum Gasteiger partial charge on any atom is 0.864 e. The Morgan fingerprint density at radius 2 is 0.747 bits per heavy atom. The third-order valence-corrected chi connectivity index (χ3v) is 13.5. The van der Waals surface area contributed by atoms with Gasteiger partial charge in [0, 0.05) is 13.8 Å². The number of ether oxygens (including phenoxy) is 2. The Labute approximate surface area is 486 Å². The molecule has 0 amide bonds. The van der Waals surface area contributed by atoms with E-state index >= 15 is 13.2 Å². The fraction of sp³-hybridized carbons (Fsp3) is 0.571. The van der Waals surface area contributed by atoms with Crippen molar-refractivity contribution in [3.05, 3.63) is 123 Å². The number of halogens is 24. The summed E-state index contributed by atoms with van der Waals surface area (Å²) in [6.45, 7) is 9.11. The Balaban J connectivity index is 0.00000123. The molecular formula is C56H62BF24NO5. The third kappa shape index (κ3) is 21.9. The number of quaternary nitrogens is 1. The van der Waals surface area contributed by atoms with Crippen molar-refractivity contribution < 1.29 is 133 Å². The molecule has 0 N–H and O–H groups in total. The molecule has 0 aliphatic rings. The molecule has 0 radical (unpaired) electrons. The molecule has 0 heterocycles. The second kappa shape index (κ2) is 30.4. The van der Waals surface area contributed by atoms with E-state index in [1.165, 1.54) is 6.92 Å². The lowest BCUT2D eigenvalue weighted by atomic mass is 9.88. The number of rotatable bonds is 27. The molecule has 0 saturated carbocycles. The van der Waals surface area contributed by atoms with Crippen LogP contribution in [0.15, 0.2) is 66.7 Å². The number of hydrogen-bond donors (Lipinski definition) is 0. The van der Waals surface area contributed by atoms with Gasteiger partial charge in [-0.3, -0.25) is 4.48 Å². The minimum absolute atomic E-state index is 0.00322. The molecule has 0 aliphatic heterocycles. The fourth-order valence-corrected chi connectivity index (χ4v) is 9.16. The van der Waals surface area contributed by atoms with Crippen LogP contribution in [0.1, 0.15) is 169 Å². The van der Waals surface area contributed by atoms with E-state index in [9.17, 15) is 92.2 Å². The Hall–Kier alpha value is -5.46. The Kier molecular flexibility index (Phi) is 26.5. The fourth-order valence-electron chi connectivity index (χ4n) is 9.16. The summed E-state index contributed by atoms with van der Waals surface area (Å²) in [6, 6.07) is 1.01. The zero-order valence-corrected chi connectivity index (χ0v) is 47.4. The van der Waals surface area contributed by atoms with Crippen molar-refractivity contribution in [3.8, 4) is 17.2 Å². The topological polar surface area (TPSA) is 46.2 Å². The van der Waals surface area contributed by atoms with Gasteiger partial charge in [0.2, 0.25) is 5.72 Å². The molecule has 6 nitrogen and oxygen atoms in total. The summed E-state index contributed by atoms with van der Waals surface area (Å²) in [5.74, 6) is -4.83. The average molecular weight is 1300 g/mol. The molecule has 0 aromatic heterocycles. The number of benzene rings is 4. The molecule has 0 aliphatic carbocycles. The Bertz CT molecular complexity index is 2580. The first kappa shape index (κ1) is 75.8. The summed E-state index contributed by atoms with van der Waals surface area (Å²) in [7, 11) is -3.38. The molecule has 31 heteroatoms. The third-order valence-electron chi connectivity index (χ3n) is 13.5. The highest BCUT2D eigenvalue weighted by Gasteiger charge is 2.59. The molecule has 492 valence electrons. The van der Waals surface area contributed by atoms with Crippen molar-refractivity contribution in [2.45, 2.75) is 180 Å². The summed E-state index contributed by atoms with van der Waals surface area (Å²) in [5, 5.41) is 0. The lowest BCUT2D eigenvalue weighted by Crippen LogP contribution is -2.68. The number of unbranched alkanes of at least 4 members (excludes halogenated alkanes) is 8. The van der Waals surface area contributed by atoms with Crippen molar-refractivity contribution in [2.75, 3.05) is 26.3 Å². The second-order valence-corrected chi connectivity index (χ2v) is 20.1. The standard InChI is InChI=1S/C48H59BF18NO5.C8H3F6/c1-7-11-13-15-17-19-68(31(5)69-21-9-3,20-18-16-14-12-8-2)42(6,70-22-10-4)41-39(48(65,66)67)29-36(47(62,63)64)30-40(41)73-49(71-37-25-32(43(50,51)52)23-33(26-37)44(53,54)55)72-38-27-34(45(56,57)58)24-35(28-38)46(59,60)61;9-7(10,11)5-2-1-3-6(4-5)8(12,13)14/h23-31H,7-22H2,1-6H3;2-4H/q+1;-1. The van der Waals surface area contributed by atoms with Crippen LogP contribution < -0.4 is 14.0 Å². The molecule has 2 atom stereocenters. The molecule has 0 spiro atoms. The monoisotopic (exact) mass is 1300 g/mol. The number of nitrogens with zero attached hydrogens (tertiary/aromatic N) is 1. The summed E-state index contributed by atoms with van der Waals surface area (Å²) in [4.78, 5) is 0. The molecular weight excluding hydrogens is 1230 g/mol. The minimum Gasteiger partial charge on any atom is -0.490 e. The zero-order valence-electron chi connectivity index (χ0n) is 47.4. The van der Waals surface area contributed by atoms with Gasteiger partial charge in [-0.2, -0.15) is 124 Å². The summed E-state index contributed by atoms with van der Waals surface area (Å²) >= 11 is 0. The highest BCUT2D eigenvalue weighted by Crippen LogP contribution is 2.52. The van der Waals surface area contributed by atoms with Crippen LogP contribution >= 0.6 is 0 Å². The highest BCUT2D eigenvalue weighted by atomic mass is 19.4. The smallest absolute Gasteiger partial charge is 0.490 e. The Morgan fingerprint density at radius 3 is 1.08 bits per heavy atom. The Morgan fingerprint density at radius 1 is 0.402 bits per heavy atom. The lowest BCUT2D eigenvalue weighted by molar-refractivity contribution is -1.04. The van der Waals surface area contributed by atoms with Gasteiger partial charge in [0.15, 0.2) is 6.23 Å². The summed E-state index contributed by atoms with van der Waals surface area (Å²) < 4.78 is 361. The van der Waals surface area contributed by atoms with Crippen LogP contribution in [-0.4, -0.2) is 44.3 Å². The lowest BCUT2D eigenvalue weighted by Gasteiger charge is -2.55. The van der Waals surface area contributed by atoms with Crippen LogP contribution in [0.2, 0.25) is 0 Å². The van der Waals surface area contributed by atoms with Gasteiger partial charge in [-0.05, 0) is 87.1 Å². The maximum atomic E-state index is 15.9. The van der Waals surface area contributed by atoms with Gasteiger partial charge in [0.05, 0.1) is 65.2 Å². The van der Waals surface area contributed by atoms with Crippen LogP contribution in [0, 0.1) is 6.07 Å². The van der Waals surface area contributed by atoms with Gasteiger partial charge in [-0.25, -0.2) is 0 Å². The van der Waals surface area contributed by atoms with E-state index in [4.69, 9.17) is 23.4 Å². The summed E-state index contributed by atoms with van der Waals surface area (Å²) in [5.41, 5.74) is -19.3. The van der Waals surface area contributed by atoms with Gasteiger partial charge in [0.25, 0.3) is 0 Å². The van der Waals surface area contributed by atoms with Crippen molar-refractivity contribution >= 4 is 7.32 Å². The van der Waals surface area contributed by atoms with Crippen molar-refractivity contribution in [1.82, 2.24) is 0 Å². The quantitative estimate of drug-likeness (QED) is 0.0149. The van der Waals surface area contributed by atoms with E-state index in [1.54, 1.807) is 19.9 Å². The van der Waals surface area contributed by atoms with Gasteiger partial charge in [-0.1, -0.05) is 77.3 Å². The molecule has 0 bridgehead atoms. The van der Waals surface area contributed by atoms with Gasteiger partial charge in [0.1, 0.15) is 17.2 Å². The average Bonchev–Trinajstić information content (AvgIpc) is 0.751. The van der Waals surface area contributed by atoms with Crippen LogP contribution in [0.3, 0.4) is 0 Å². The van der Waals surface area contributed by atoms with Crippen molar-refractivity contribution in [2.24, 2.45) is 0 Å². The van der Waals surface area contributed by atoms with Crippen LogP contribution in [0.4, 0.5) is 105 Å². The van der Waals surface area contributed by atoms with E-state index < -0.39 is 159 Å². The van der Waals surface area contributed by atoms with Crippen molar-refractivity contribution in [1.29, 1.82) is 0 Å². The van der Waals surface area contributed by atoms with E-state index in [1.807, 2.05) is 13.8 Å². The van der Waals surface area contributed by atoms with E-state index in [2.05, 4.69) is 0 Å². The van der Waals surface area contributed by atoms with Gasteiger partial charge >= 0.3 is 56.7 Å². The molecule has 87 heavy (non-hydrogen) atoms. The minimum atomic E-state index is -5.81. The largest absolute Gasteiger partial charge is 0.864 e. The molecule has 0 saturated heterocycles. The van der Waals surface area contributed by atoms with Crippen LogP contribution in [0.5, 0.6) is 17.2 Å². The van der Waals surface area contributed by atoms with E-state index in [-0.39, 0.29) is 81.4 Å². The van der Waals surface area contributed by atoms with E-state index in [0.717, 1.165) is 32.6 Å².